The van der Waals surface area contributed by atoms with Gasteiger partial charge in [-0.15, -0.1) is 11.3 Å². The van der Waals surface area contributed by atoms with Crippen LogP contribution in [0, 0.1) is 22.9 Å². The number of aryl methyl sites for hydroxylation is 1. The number of nitrogens with one attached hydrogen (secondary N) is 1. The van der Waals surface area contributed by atoms with E-state index < -0.39 is 16.6 Å². The minimum Gasteiger partial charge on any atom is -0.320 e. The molecule has 0 aliphatic heterocycles. The van der Waals surface area contributed by atoms with E-state index in [2.05, 4.69) is 10.3 Å². The molecule has 2 aromatic rings. The van der Waals surface area contributed by atoms with Gasteiger partial charge in [-0.2, -0.15) is 0 Å². The van der Waals surface area contributed by atoms with Crippen molar-refractivity contribution in [3.8, 4) is 0 Å². The fourth-order valence-corrected chi connectivity index (χ4v) is 2.10. The van der Waals surface area contributed by atoms with Crippen LogP contribution in [-0.4, -0.2) is 15.8 Å². The monoisotopic (exact) mass is 307 g/mol. The summed E-state index contributed by atoms with van der Waals surface area (Å²) in [5.41, 5.74) is 0.0753. The van der Waals surface area contributed by atoms with E-state index in [0.717, 1.165) is 23.2 Å². The fraction of sp³-hybridized carbons (Fsp3) is 0.0769. The number of halogens is 1. The number of carbonyl (C=O) groups is 1. The summed E-state index contributed by atoms with van der Waals surface area (Å²) in [5.74, 6) is -1.34. The van der Waals surface area contributed by atoms with Crippen LogP contribution in [0.15, 0.2) is 29.7 Å². The van der Waals surface area contributed by atoms with E-state index >= 15 is 0 Å². The molecular formula is C13H10FN3O3S. The van der Waals surface area contributed by atoms with Gasteiger partial charge in [-0.1, -0.05) is 0 Å². The number of benzene rings is 1. The number of amides is 1. The first-order valence-electron chi connectivity index (χ1n) is 5.81. The summed E-state index contributed by atoms with van der Waals surface area (Å²) < 4.78 is 13.5. The number of hydrogen-bond acceptors (Lipinski definition) is 5. The predicted molar refractivity (Wildman–Crippen MR) is 77.6 cm³/mol. The summed E-state index contributed by atoms with van der Waals surface area (Å²) >= 11 is 1.44. The van der Waals surface area contributed by atoms with E-state index in [1.54, 1.807) is 5.38 Å². The van der Waals surface area contributed by atoms with E-state index in [1.807, 2.05) is 6.92 Å². The number of thiazole rings is 1. The lowest BCUT2D eigenvalue weighted by molar-refractivity contribution is -0.384. The van der Waals surface area contributed by atoms with Gasteiger partial charge in [0.2, 0.25) is 5.91 Å². The molecule has 0 spiro atoms. The second-order valence-corrected chi connectivity index (χ2v) is 5.10. The van der Waals surface area contributed by atoms with Gasteiger partial charge in [-0.05, 0) is 19.1 Å². The lowest BCUT2D eigenvalue weighted by atomic mass is 10.2. The Kier molecular flexibility index (Phi) is 4.39. The van der Waals surface area contributed by atoms with Crippen molar-refractivity contribution in [1.29, 1.82) is 0 Å². The Morgan fingerprint density at radius 2 is 2.29 bits per heavy atom. The van der Waals surface area contributed by atoms with Gasteiger partial charge >= 0.3 is 0 Å². The van der Waals surface area contributed by atoms with Crippen molar-refractivity contribution in [1.82, 2.24) is 4.98 Å². The van der Waals surface area contributed by atoms with Crippen LogP contribution in [0.2, 0.25) is 0 Å². The Hall–Kier alpha value is -2.61. The lowest BCUT2D eigenvalue weighted by Gasteiger charge is -2.03. The largest absolute Gasteiger partial charge is 0.320 e. The molecule has 108 valence electrons. The van der Waals surface area contributed by atoms with Crippen LogP contribution >= 0.6 is 11.3 Å². The van der Waals surface area contributed by atoms with Crippen molar-refractivity contribution in [3.63, 3.8) is 0 Å². The van der Waals surface area contributed by atoms with Gasteiger partial charge in [0.25, 0.3) is 5.69 Å². The molecule has 0 bridgehead atoms. The molecule has 1 aromatic heterocycles. The third-order valence-corrected chi connectivity index (χ3v) is 3.25. The number of non-ortho nitro benzene ring substituents is 1. The van der Waals surface area contributed by atoms with E-state index in [0.29, 0.717) is 5.69 Å². The highest BCUT2D eigenvalue weighted by molar-refractivity contribution is 7.09. The minimum absolute atomic E-state index is 0.242. The first-order valence-corrected chi connectivity index (χ1v) is 6.69. The number of anilines is 1. The van der Waals surface area contributed by atoms with Gasteiger partial charge in [-0.3, -0.25) is 14.9 Å². The van der Waals surface area contributed by atoms with Crippen LogP contribution in [-0.2, 0) is 4.79 Å². The van der Waals surface area contributed by atoms with Crippen molar-refractivity contribution in [3.05, 3.63) is 56.3 Å². The number of rotatable bonds is 4. The second-order valence-electron chi connectivity index (χ2n) is 4.04. The highest BCUT2D eigenvalue weighted by Crippen LogP contribution is 2.21. The second kappa shape index (κ2) is 6.23. The summed E-state index contributed by atoms with van der Waals surface area (Å²) in [6, 6.07) is 2.92. The van der Waals surface area contributed by atoms with Gasteiger partial charge in [0.05, 0.1) is 21.3 Å². The van der Waals surface area contributed by atoms with Gasteiger partial charge in [0.1, 0.15) is 5.82 Å². The molecule has 0 atom stereocenters. The number of carbonyl (C=O) groups excluding carboxylic acids is 1. The number of nitro groups is 1. The zero-order valence-corrected chi connectivity index (χ0v) is 11.7. The van der Waals surface area contributed by atoms with Crippen molar-refractivity contribution in [2.75, 3.05) is 5.32 Å². The quantitative estimate of drug-likeness (QED) is 0.534. The normalized spacial score (nSPS) is 10.8. The van der Waals surface area contributed by atoms with Crippen molar-refractivity contribution in [2.45, 2.75) is 6.92 Å². The predicted octanol–water partition coefficient (Wildman–Crippen LogP) is 3.15. The average molecular weight is 307 g/mol. The molecule has 1 amide bonds. The highest BCUT2D eigenvalue weighted by Gasteiger charge is 2.12. The first kappa shape index (κ1) is 14.8. The molecule has 0 radical (unpaired) electrons. The van der Waals surface area contributed by atoms with Gasteiger partial charge in [0, 0.05) is 23.6 Å². The molecule has 0 aliphatic carbocycles. The average Bonchev–Trinajstić information content (AvgIpc) is 2.84. The summed E-state index contributed by atoms with van der Waals surface area (Å²) in [4.78, 5) is 25.7. The zero-order valence-electron chi connectivity index (χ0n) is 10.9. The third kappa shape index (κ3) is 3.93. The molecule has 0 saturated carbocycles. The Morgan fingerprint density at radius 1 is 1.52 bits per heavy atom. The molecule has 2 rings (SSSR count). The maximum absolute atomic E-state index is 13.5. The molecule has 1 aromatic carbocycles. The number of aromatic nitrogens is 1. The Labute approximate surface area is 123 Å². The van der Waals surface area contributed by atoms with Crippen LogP contribution < -0.4 is 5.32 Å². The molecular weight excluding hydrogens is 297 g/mol. The summed E-state index contributed by atoms with van der Waals surface area (Å²) in [6.45, 7) is 1.83. The highest BCUT2D eigenvalue weighted by atomic mass is 32.1. The molecule has 1 heterocycles. The van der Waals surface area contributed by atoms with Crippen LogP contribution in [0.1, 0.15) is 10.7 Å². The lowest BCUT2D eigenvalue weighted by Crippen LogP contribution is -2.09. The molecule has 0 fully saturated rings. The summed E-state index contributed by atoms with van der Waals surface area (Å²) in [7, 11) is 0. The maximum atomic E-state index is 13.5. The summed E-state index contributed by atoms with van der Waals surface area (Å²) in [6.07, 6.45) is 2.67. The topological polar surface area (TPSA) is 85.1 Å². The molecule has 0 aliphatic rings. The number of nitrogens with zero attached hydrogens (tertiary/aromatic N) is 2. The molecule has 1 N–H and O–H groups in total. The fourth-order valence-electron chi connectivity index (χ4n) is 1.51. The van der Waals surface area contributed by atoms with Gasteiger partial charge in [-0.25, -0.2) is 9.37 Å². The Balaban J connectivity index is 2.10. The van der Waals surface area contributed by atoms with Crippen LogP contribution in [0.3, 0.4) is 0 Å². The van der Waals surface area contributed by atoms with Crippen molar-refractivity contribution >= 4 is 34.7 Å². The van der Waals surface area contributed by atoms with E-state index in [1.165, 1.54) is 23.5 Å². The third-order valence-electron chi connectivity index (χ3n) is 2.46. The van der Waals surface area contributed by atoms with E-state index in [9.17, 15) is 19.3 Å². The van der Waals surface area contributed by atoms with Crippen molar-refractivity contribution < 1.29 is 14.1 Å². The van der Waals surface area contributed by atoms with Gasteiger partial charge < -0.3 is 5.32 Å². The smallest absolute Gasteiger partial charge is 0.271 e. The molecule has 0 unspecified atom stereocenters. The molecule has 21 heavy (non-hydrogen) atoms. The standard InChI is InChI=1S/C13H10FN3O3S/c1-8-15-9(7-21-8)2-5-13(18)16-12-6-10(17(19)20)3-4-11(12)14/h2-7H,1H3,(H,16,18)/b5-2+. The Bertz CT molecular complexity index is 727. The van der Waals surface area contributed by atoms with Crippen LogP contribution in [0.25, 0.3) is 6.08 Å². The Morgan fingerprint density at radius 3 is 2.90 bits per heavy atom. The SMILES string of the molecule is Cc1nc(/C=C/C(=O)Nc2cc([N+](=O)[O-])ccc2F)cs1. The van der Waals surface area contributed by atoms with E-state index in [-0.39, 0.29) is 11.4 Å². The zero-order chi connectivity index (χ0) is 15.4. The van der Waals surface area contributed by atoms with Crippen LogP contribution in [0.4, 0.5) is 15.8 Å². The summed E-state index contributed by atoms with van der Waals surface area (Å²) in [5, 5.41) is 15.5. The minimum atomic E-state index is -0.744. The molecule has 0 saturated heterocycles. The number of nitro benzene ring substituents is 1. The molecule has 8 heteroatoms. The van der Waals surface area contributed by atoms with Crippen molar-refractivity contribution in [2.24, 2.45) is 0 Å². The van der Waals surface area contributed by atoms with E-state index in [4.69, 9.17) is 0 Å². The molecule has 6 nitrogen and oxygen atoms in total. The number of hydrogen-bond donors (Lipinski definition) is 1. The van der Waals surface area contributed by atoms with Crippen LogP contribution in [0.5, 0.6) is 0 Å². The maximum Gasteiger partial charge on any atom is 0.271 e. The van der Waals surface area contributed by atoms with Gasteiger partial charge in [0.15, 0.2) is 0 Å². The first-order chi connectivity index (χ1) is 9.95.